The number of nitrogens with one attached hydrogen (secondary N) is 1. The van der Waals surface area contributed by atoms with Gasteiger partial charge in [0.05, 0.1) is 17.5 Å². The SMILES string of the molecule is CCN1CCN(C[C@]2(OC)/C=C/C[C@H](C)[C@@H](C)S(=O)(=O)NC(=O)c3ccc4c(c3)N(C[C@@H]3CC[C@H]32)C[C@@]2(CCCc3cc(Cl)ccc32)CO4)CC1. The Labute approximate surface area is 309 Å². The molecule has 7 rings (SSSR count). The highest BCUT2D eigenvalue weighted by Gasteiger charge is 2.50. The molecule has 2 aliphatic carbocycles. The number of carbonyl (C=O) groups is 1. The smallest absolute Gasteiger partial charge is 0.264 e. The van der Waals surface area contributed by atoms with Gasteiger partial charge in [0.1, 0.15) is 11.4 Å². The summed E-state index contributed by atoms with van der Waals surface area (Å²) in [6.07, 6.45) is 10.1. The second kappa shape index (κ2) is 14.7. The number of benzene rings is 2. The molecule has 1 N–H and O–H groups in total. The summed E-state index contributed by atoms with van der Waals surface area (Å²) in [5, 5.41) is -0.0183. The zero-order valence-electron chi connectivity index (χ0n) is 30.7. The fourth-order valence-corrected chi connectivity index (χ4v) is 10.9. The summed E-state index contributed by atoms with van der Waals surface area (Å²) in [5.41, 5.74) is 2.95. The third-order valence-corrected chi connectivity index (χ3v) is 15.1. The van der Waals surface area contributed by atoms with Gasteiger partial charge < -0.3 is 19.3 Å². The third kappa shape index (κ3) is 7.20. The first kappa shape index (κ1) is 36.7. The first-order valence-electron chi connectivity index (χ1n) is 19.0. The number of piperazine rings is 1. The molecule has 11 heteroatoms. The van der Waals surface area contributed by atoms with E-state index in [4.69, 9.17) is 21.1 Å². The summed E-state index contributed by atoms with van der Waals surface area (Å²) in [4.78, 5) is 21.1. The Kier molecular flexibility index (Phi) is 10.5. The van der Waals surface area contributed by atoms with Crippen molar-refractivity contribution in [3.05, 3.63) is 70.3 Å². The number of fused-ring (bicyclic) bond motifs is 4. The van der Waals surface area contributed by atoms with Crippen LogP contribution in [-0.2, 0) is 26.6 Å². The first-order valence-corrected chi connectivity index (χ1v) is 20.9. The maximum atomic E-state index is 13.6. The highest BCUT2D eigenvalue weighted by atomic mass is 35.5. The van der Waals surface area contributed by atoms with Gasteiger partial charge in [-0.3, -0.25) is 9.69 Å². The number of hydrogen-bond donors (Lipinski definition) is 1. The lowest BCUT2D eigenvalue weighted by Crippen LogP contribution is -2.59. The van der Waals surface area contributed by atoms with Crippen molar-refractivity contribution in [2.24, 2.45) is 17.8 Å². The van der Waals surface area contributed by atoms with E-state index in [2.05, 4.69) is 50.6 Å². The van der Waals surface area contributed by atoms with E-state index in [1.165, 1.54) is 11.1 Å². The van der Waals surface area contributed by atoms with Crippen LogP contribution in [0.5, 0.6) is 5.75 Å². The number of rotatable bonds is 4. The molecule has 1 saturated carbocycles. The first-order chi connectivity index (χ1) is 24.5. The molecule has 1 saturated heterocycles. The van der Waals surface area contributed by atoms with Crippen molar-refractivity contribution in [3.8, 4) is 5.75 Å². The van der Waals surface area contributed by atoms with E-state index < -0.39 is 26.8 Å². The summed E-state index contributed by atoms with van der Waals surface area (Å²) in [5.74, 6) is 0.529. The molecule has 6 atom stereocenters. The second-order valence-corrected chi connectivity index (χ2v) is 18.4. The average Bonchev–Trinajstić information content (AvgIpc) is 3.25. The van der Waals surface area contributed by atoms with Crippen molar-refractivity contribution >= 4 is 33.2 Å². The molecule has 3 heterocycles. The van der Waals surface area contributed by atoms with E-state index in [9.17, 15) is 13.2 Å². The van der Waals surface area contributed by atoms with Crippen molar-refractivity contribution in [2.75, 3.05) is 71.0 Å². The molecule has 3 aliphatic heterocycles. The average molecular weight is 739 g/mol. The number of ether oxygens (including phenoxy) is 2. The number of likely N-dealkylation sites (N-methyl/N-ethyl adjacent to an activating group) is 1. The van der Waals surface area contributed by atoms with Crippen LogP contribution in [0.4, 0.5) is 5.69 Å². The topological polar surface area (TPSA) is 91.4 Å². The van der Waals surface area contributed by atoms with Crippen molar-refractivity contribution in [3.63, 3.8) is 0 Å². The molecule has 9 nitrogen and oxygen atoms in total. The molecule has 2 aromatic carbocycles. The number of allylic oxidation sites excluding steroid dienone is 1. The summed E-state index contributed by atoms with van der Waals surface area (Å²) >= 11 is 6.49. The quantitative estimate of drug-likeness (QED) is 0.388. The second-order valence-electron chi connectivity index (χ2n) is 15.9. The number of carbonyl (C=O) groups excluding carboxylic acids is 1. The summed E-state index contributed by atoms with van der Waals surface area (Å²) in [6.45, 7) is 13.9. The number of halogens is 1. The Bertz CT molecular complexity index is 1750. The van der Waals surface area contributed by atoms with E-state index in [1.807, 2.05) is 32.2 Å². The molecule has 1 amide bonds. The van der Waals surface area contributed by atoms with Crippen LogP contribution >= 0.6 is 11.6 Å². The van der Waals surface area contributed by atoms with Crippen LogP contribution in [0.25, 0.3) is 0 Å². The fourth-order valence-electron chi connectivity index (χ4n) is 9.42. The summed E-state index contributed by atoms with van der Waals surface area (Å²) in [7, 11) is -2.09. The molecule has 51 heavy (non-hydrogen) atoms. The van der Waals surface area contributed by atoms with E-state index in [0.29, 0.717) is 24.5 Å². The number of nitrogens with zero attached hydrogens (tertiary/aromatic N) is 3. The number of anilines is 1. The molecule has 2 fully saturated rings. The van der Waals surface area contributed by atoms with Crippen LogP contribution in [0.1, 0.15) is 74.4 Å². The molecule has 0 radical (unpaired) electrons. The minimum atomic E-state index is -3.94. The Morgan fingerprint density at radius 2 is 1.84 bits per heavy atom. The van der Waals surface area contributed by atoms with Gasteiger partial charge in [0, 0.05) is 68.9 Å². The van der Waals surface area contributed by atoms with Crippen LogP contribution < -0.4 is 14.4 Å². The third-order valence-electron chi connectivity index (χ3n) is 13.0. The molecule has 2 bridgehead atoms. The Morgan fingerprint density at radius 1 is 1.06 bits per heavy atom. The van der Waals surface area contributed by atoms with Gasteiger partial charge in [0.2, 0.25) is 10.0 Å². The van der Waals surface area contributed by atoms with Crippen LogP contribution in [0.3, 0.4) is 0 Å². The van der Waals surface area contributed by atoms with Gasteiger partial charge >= 0.3 is 0 Å². The summed E-state index contributed by atoms with van der Waals surface area (Å²) < 4.78 is 42.9. The summed E-state index contributed by atoms with van der Waals surface area (Å²) in [6, 6.07) is 11.7. The van der Waals surface area contributed by atoms with E-state index in [-0.39, 0.29) is 17.3 Å². The Morgan fingerprint density at radius 3 is 2.57 bits per heavy atom. The maximum absolute atomic E-state index is 13.6. The van der Waals surface area contributed by atoms with Gasteiger partial charge in [0.15, 0.2) is 0 Å². The number of amides is 1. The minimum Gasteiger partial charge on any atom is -0.490 e. The highest BCUT2D eigenvalue weighted by molar-refractivity contribution is 7.90. The largest absolute Gasteiger partial charge is 0.490 e. The molecular formula is C40H55ClN4O5S. The normalized spacial score (nSPS) is 33.6. The molecule has 0 unspecified atom stereocenters. The van der Waals surface area contributed by atoms with Crippen molar-refractivity contribution in [1.29, 1.82) is 0 Å². The van der Waals surface area contributed by atoms with Crippen molar-refractivity contribution in [1.82, 2.24) is 14.5 Å². The van der Waals surface area contributed by atoms with Crippen LogP contribution in [-0.4, -0.2) is 101 Å². The van der Waals surface area contributed by atoms with E-state index in [1.54, 1.807) is 13.0 Å². The zero-order valence-corrected chi connectivity index (χ0v) is 32.3. The molecule has 5 aliphatic rings. The van der Waals surface area contributed by atoms with Gasteiger partial charge in [-0.2, -0.15) is 0 Å². The fraction of sp³-hybridized carbons (Fsp3) is 0.625. The number of aryl methyl sites for hydroxylation is 1. The van der Waals surface area contributed by atoms with Gasteiger partial charge in [0.25, 0.3) is 5.91 Å². The lowest BCUT2D eigenvalue weighted by molar-refractivity contribution is -0.0953. The monoisotopic (exact) mass is 738 g/mol. The molecule has 0 aromatic heterocycles. The van der Waals surface area contributed by atoms with Gasteiger partial charge in [-0.05, 0) is 111 Å². The standard InChI is InChI=1S/C40H55ClN4O5S/c1-5-43-18-20-44(21-19-43)26-40(49-4)17-6-8-28(2)29(3)51(47,48)42-38(46)31-11-15-37-36(23-31)45(24-32-10-13-35(32)40)25-39(27-50-37)16-7-9-30-22-33(41)12-14-34(30)39/h6,11-12,14-15,17,22-23,28-29,32,35H,5,7-10,13,16,18-21,24-27H2,1-4H3,(H,42,46)/b17-6+/t28-,29+,32-,35+,39-,40+/m0/s1. The Balaban J connectivity index is 1.30. The van der Waals surface area contributed by atoms with Gasteiger partial charge in [-0.25, -0.2) is 13.1 Å². The van der Waals surface area contributed by atoms with Crippen LogP contribution in [0, 0.1) is 17.8 Å². The number of methoxy groups -OCH3 is 1. The van der Waals surface area contributed by atoms with E-state index in [0.717, 1.165) is 101 Å². The number of sulfonamides is 1. The predicted octanol–water partition coefficient (Wildman–Crippen LogP) is 5.91. The molecule has 278 valence electrons. The van der Waals surface area contributed by atoms with Gasteiger partial charge in [-0.15, -0.1) is 0 Å². The lowest BCUT2D eigenvalue weighted by atomic mass is 9.63. The zero-order chi connectivity index (χ0) is 36.0. The molecule has 1 spiro atoms. The van der Waals surface area contributed by atoms with Crippen molar-refractivity contribution < 1.29 is 22.7 Å². The lowest BCUT2D eigenvalue weighted by Gasteiger charge is -2.52. The minimum absolute atomic E-state index is 0.209. The van der Waals surface area contributed by atoms with Crippen LogP contribution in [0.2, 0.25) is 5.02 Å². The maximum Gasteiger partial charge on any atom is 0.264 e. The predicted molar refractivity (Wildman–Crippen MR) is 203 cm³/mol. The van der Waals surface area contributed by atoms with Crippen molar-refractivity contribution in [2.45, 2.75) is 75.6 Å². The highest BCUT2D eigenvalue weighted by Crippen LogP contribution is 2.49. The van der Waals surface area contributed by atoms with Crippen LogP contribution in [0.15, 0.2) is 48.6 Å². The molecular weight excluding hydrogens is 684 g/mol. The number of hydrogen-bond acceptors (Lipinski definition) is 8. The van der Waals surface area contributed by atoms with E-state index >= 15 is 0 Å². The van der Waals surface area contributed by atoms with Gasteiger partial charge in [-0.1, -0.05) is 43.7 Å². The molecule has 2 aromatic rings. The Hall–Kier alpha value is -2.63.